The van der Waals surface area contributed by atoms with E-state index in [4.69, 9.17) is 9.84 Å². The number of aryl methyl sites for hydroxylation is 1. The number of aromatic carboxylic acids is 1. The van der Waals surface area contributed by atoms with Crippen LogP contribution in [0.25, 0.3) is 0 Å². The minimum Gasteiger partial charge on any atom is -0.490 e. The van der Waals surface area contributed by atoms with Crippen LogP contribution in [0.1, 0.15) is 36.2 Å². The fraction of sp³-hybridized carbons (Fsp3) is 0.462. The van der Waals surface area contributed by atoms with Crippen molar-refractivity contribution in [2.45, 2.75) is 32.8 Å². The number of hydrogen-bond acceptors (Lipinski definition) is 2. The first kappa shape index (κ1) is 11.0. The molecule has 1 aromatic rings. The van der Waals surface area contributed by atoms with E-state index in [2.05, 4.69) is 13.8 Å². The Morgan fingerprint density at radius 3 is 2.88 bits per heavy atom. The van der Waals surface area contributed by atoms with Crippen LogP contribution in [-0.4, -0.2) is 17.2 Å². The summed E-state index contributed by atoms with van der Waals surface area (Å²) in [5.74, 6) is 0.455. The molecule has 2 rings (SSSR count). The van der Waals surface area contributed by atoms with E-state index in [0.717, 1.165) is 24.2 Å². The lowest BCUT2D eigenvalue weighted by atomic mass is 9.94. The molecule has 0 bridgehead atoms. The van der Waals surface area contributed by atoms with Crippen molar-refractivity contribution in [1.29, 1.82) is 0 Å². The van der Waals surface area contributed by atoms with E-state index in [0.29, 0.717) is 11.5 Å². The van der Waals surface area contributed by atoms with Crippen molar-refractivity contribution in [3.63, 3.8) is 0 Å². The highest BCUT2D eigenvalue weighted by atomic mass is 16.5. The third-order valence-corrected chi connectivity index (χ3v) is 3.03. The minimum atomic E-state index is -0.881. The zero-order valence-corrected chi connectivity index (χ0v) is 9.56. The molecule has 1 N–H and O–H groups in total. The van der Waals surface area contributed by atoms with Crippen molar-refractivity contribution in [1.82, 2.24) is 0 Å². The zero-order valence-electron chi connectivity index (χ0n) is 9.56. The molecule has 0 aliphatic carbocycles. The fourth-order valence-corrected chi connectivity index (χ4v) is 2.01. The van der Waals surface area contributed by atoms with Crippen LogP contribution < -0.4 is 4.74 Å². The van der Waals surface area contributed by atoms with Gasteiger partial charge < -0.3 is 9.84 Å². The van der Waals surface area contributed by atoms with Crippen LogP contribution >= 0.6 is 0 Å². The van der Waals surface area contributed by atoms with E-state index in [-0.39, 0.29) is 6.10 Å². The van der Waals surface area contributed by atoms with Crippen LogP contribution in [-0.2, 0) is 6.42 Å². The van der Waals surface area contributed by atoms with Crippen molar-refractivity contribution in [3.8, 4) is 5.75 Å². The van der Waals surface area contributed by atoms with Gasteiger partial charge in [0.25, 0.3) is 0 Å². The Balaban J connectivity index is 2.25. The predicted molar refractivity (Wildman–Crippen MR) is 61.0 cm³/mol. The molecule has 1 unspecified atom stereocenters. The molecule has 3 nitrogen and oxygen atoms in total. The summed E-state index contributed by atoms with van der Waals surface area (Å²) < 4.78 is 5.84. The Morgan fingerprint density at radius 1 is 1.50 bits per heavy atom. The minimum absolute atomic E-state index is 0.253. The van der Waals surface area contributed by atoms with Crippen molar-refractivity contribution >= 4 is 5.97 Å². The second-order valence-corrected chi connectivity index (χ2v) is 4.57. The number of rotatable bonds is 2. The molecule has 3 heteroatoms. The Morgan fingerprint density at radius 2 is 2.25 bits per heavy atom. The van der Waals surface area contributed by atoms with Gasteiger partial charge in [-0.25, -0.2) is 4.79 Å². The second kappa shape index (κ2) is 4.16. The van der Waals surface area contributed by atoms with E-state index in [1.54, 1.807) is 18.2 Å². The molecule has 0 saturated heterocycles. The van der Waals surface area contributed by atoms with Gasteiger partial charge in [-0.1, -0.05) is 13.8 Å². The lowest BCUT2D eigenvalue weighted by Gasteiger charge is -2.28. The smallest absolute Gasteiger partial charge is 0.335 e. The van der Waals surface area contributed by atoms with Gasteiger partial charge in [-0.05, 0) is 42.5 Å². The number of hydrogen-bond donors (Lipinski definition) is 1. The van der Waals surface area contributed by atoms with Crippen molar-refractivity contribution in [3.05, 3.63) is 29.3 Å². The molecule has 0 amide bonds. The van der Waals surface area contributed by atoms with E-state index >= 15 is 0 Å². The third kappa shape index (κ3) is 2.03. The molecular weight excluding hydrogens is 204 g/mol. The van der Waals surface area contributed by atoms with Crippen molar-refractivity contribution in [2.24, 2.45) is 5.92 Å². The first-order chi connectivity index (χ1) is 7.58. The number of fused-ring (bicyclic) bond motifs is 1. The molecule has 0 fully saturated rings. The summed E-state index contributed by atoms with van der Waals surface area (Å²) in [5, 5.41) is 8.89. The molecule has 86 valence electrons. The molecule has 1 aromatic carbocycles. The number of benzene rings is 1. The topological polar surface area (TPSA) is 46.5 Å². The molecule has 0 spiro atoms. The third-order valence-electron chi connectivity index (χ3n) is 3.03. The Labute approximate surface area is 95.0 Å². The van der Waals surface area contributed by atoms with Gasteiger partial charge in [-0.2, -0.15) is 0 Å². The first-order valence-corrected chi connectivity index (χ1v) is 5.61. The molecule has 1 aliphatic heterocycles. The SMILES string of the molecule is CC(C)C1CCc2cc(C(=O)O)ccc2O1. The molecule has 1 heterocycles. The summed E-state index contributed by atoms with van der Waals surface area (Å²) in [7, 11) is 0. The van der Waals surface area contributed by atoms with Crippen LogP contribution in [0.15, 0.2) is 18.2 Å². The fourth-order valence-electron chi connectivity index (χ4n) is 2.01. The quantitative estimate of drug-likeness (QED) is 0.833. The van der Waals surface area contributed by atoms with E-state index in [1.165, 1.54) is 0 Å². The van der Waals surface area contributed by atoms with Crippen molar-refractivity contribution < 1.29 is 14.6 Å². The van der Waals surface area contributed by atoms with Crippen LogP contribution in [0.2, 0.25) is 0 Å². The highest BCUT2D eigenvalue weighted by Crippen LogP contribution is 2.30. The lowest BCUT2D eigenvalue weighted by molar-refractivity contribution is 0.0696. The summed E-state index contributed by atoms with van der Waals surface area (Å²) in [6.07, 6.45) is 2.12. The maximum Gasteiger partial charge on any atom is 0.335 e. The summed E-state index contributed by atoms with van der Waals surface area (Å²) in [6, 6.07) is 5.09. The molecule has 16 heavy (non-hydrogen) atoms. The highest BCUT2D eigenvalue weighted by molar-refractivity contribution is 5.88. The Kier molecular flexibility index (Phi) is 2.86. The molecule has 0 aromatic heterocycles. The molecule has 1 atom stereocenters. The largest absolute Gasteiger partial charge is 0.490 e. The number of carbonyl (C=O) groups is 1. The van der Waals surface area contributed by atoms with Gasteiger partial charge in [-0.3, -0.25) is 0 Å². The predicted octanol–water partition coefficient (Wildman–Crippen LogP) is 2.73. The monoisotopic (exact) mass is 220 g/mol. The molecular formula is C13H16O3. The average molecular weight is 220 g/mol. The van der Waals surface area contributed by atoms with Gasteiger partial charge in [0, 0.05) is 0 Å². The maximum absolute atomic E-state index is 10.8. The lowest BCUT2D eigenvalue weighted by Crippen LogP contribution is -2.27. The summed E-state index contributed by atoms with van der Waals surface area (Å²) >= 11 is 0. The van der Waals surface area contributed by atoms with Crippen LogP contribution in [0, 0.1) is 5.92 Å². The molecule has 0 radical (unpaired) electrons. The van der Waals surface area contributed by atoms with E-state index in [9.17, 15) is 4.79 Å². The normalized spacial score (nSPS) is 19.1. The average Bonchev–Trinajstić information content (AvgIpc) is 2.27. The van der Waals surface area contributed by atoms with Gasteiger partial charge >= 0.3 is 5.97 Å². The van der Waals surface area contributed by atoms with Gasteiger partial charge in [0.15, 0.2) is 0 Å². The standard InChI is InChI=1S/C13H16O3/c1-8(2)11-5-3-9-7-10(13(14)15)4-6-12(9)16-11/h4,6-8,11H,3,5H2,1-2H3,(H,14,15). The Bertz CT molecular complexity index is 410. The summed E-state index contributed by atoms with van der Waals surface area (Å²) in [5.41, 5.74) is 1.35. The number of ether oxygens (including phenoxy) is 1. The van der Waals surface area contributed by atoms with Gasteiger partial charge in [0.05, 0.1) is 5.56 Å². The van der Waals surface area contributed by atoms with Gasteiger partial charge in [-0.15, -0.1) is 0 Å². The second-order valence-electron chi connectivity index (χ2n) is 4.57. The van der Waals surface area contributed by atoms with Crippen LogP contribution in [0.4, 0.5) is 0 Å². The van der Waals surface area contributed by atoms with E-state index in [1.807, 2.05) is 0 Å². The highest BCUT2D eigenvalue weighted by Gasteiger charge is 2.22. The van der Waals surface area contributed by atoms with E-state index < -0.39 is 5.97 Å². The van der Waals surface area contributed by atoms with Crippen LogP contribution in [0.5, 0.6) is 5.75 Å². The Hall–Kier alpha value is -1.51. The maximum atomic E-state index is 10.8. The zero-order chi connectivity index (χ0) is 11.7. The molecule has 0 saturated carbocycles. The first-order valence-electron chi connectivity index (χ1n) is 5.61. The summed E-state index contributed by atoms with van der Waals surface area (Å²) in [6.45, 7) is 4.28. The number of carboxylic acid groups (broad SMARTS) is 1. The van der Waals surface area contributed by atoms with Gasteiger partial charge in [0.2, 0.25) is 0 Å². The van der Waals surface area contributed by atoms with Crippen LogP contribution in [0.3, 0.4) is 0 Å². The van der Waals surface area contributed by atoms with Crippen molar-refractivity contribution in [2.75, 3.05) is 0 Å². The molecule has 1 aliphatic rings. The number of carboxylic acids is 1. The van der Waals surface area contributed by atoms with Gasteiger partial charge in [0.1, 0.15) is 11.9 Å². The summed E-state index contributed by atoms with van der Waals surface area (Å²) in [4.78, 5) is 10.8.